The van der Waals surface area contributed by atoms with Crippen molar-refractivity contribution in [2.45, 2.75) is 38.3 Å². The second-order valence-electron chi connectivity index (χ2n) is 7.79. The summed E-state index contributed by atoms with van der Waals surface area (Å²) in [6, 6.07) is 12.4. The average molecular weight is 434 g/mol. The highest BCUT2D eigenvalue weighted by Crippen LogP contribution is 2.27. The lowest BCUT2D eigenvalue weighted by Gasteiger charge is -2.31. The molecule has 0 spiro atoms. The Balaban J connectivity index is 1.43. The van der Waals surface area contributed by atoms with E-state index in [2.05, 4.69) is 5.32 Å². The van der Waals surface area contributed by atoms with E-state index in [1.807, 2.05) is 0 Å². The van der Waals surface area contributed by atoms with Crippen LogP contribution in [0.2, 0.25) is 0 Å². The number of benzene rings is 2. The number of urea groups is 1. The molecule has 0 atom stereocenters. The maximum Gasteiger partial charge on any atom is 0.335 e. The second kappa shape index (κ2) is 9.05. The first kappa shape index (κ1) is 21.3. The van der Waals surface area contributed by atoms with Crippen molar-refractivity contribution in [3.8, 4) is 5.75 Å². The Hall–Kier alpha value is -3.94. The van der Waals surface area contributed by atoms with Crippen molar-refractivity contribution in [1.29, 1.82) is 0 Å². The summed E-state index contributed by atoms with van der Waals surface area (Å²) in [6.45, 7) is 0.264. The van der Waals surface area contributed by atoms with Crippen LogP contribution < -0.4 is 10.1 Å². The van der Waals surface area contributed by atoms with Crippen molar-refractivity contribution in [3.05, 3.63) is 70.8 Å². The summed E-state index contributed by atoms with van der Waals surface area (Å²) in [5.74, 6) is -1.66. The topological polar surface area (TPSA) is 113 Å². The maximum atomic E-state index is 12.8. The number of carbonyl (C=O) groups excluding carboxylic acids is 3. The molecule has 0 unspecified atom stereocenters. The Morgan fingerprint density at radius 1 is 1.03 bits per heavy atom. The molecule has 1 saturated carbocycles. The zero-order valence-electron chi connectivity index (χ0n) is 17.2. The first-order valence-electron chi connectivity index (χ1n) is 10.4. The molecule has 0 aromatic heterocycles. The third-order valence-corrected chi connectivity index (χ3v) is 5.62. The molecule has 4 rings (SSSR count). The molecule has 2 aromatic rings. The quantitative estimate of drug-likeness (QED) is 0.532. The number of ether oxygens (including phenoxy) is 1. The van der Waals surface area contributed by atoms with Gasteiger partial charge < -0.3 is 9.84 Å². The van der Waals surface area contributed by atoms with E-state index in [-0.39, 0.29) is 23.8 Å². The van der Waals surface area contributed by atoms with Gasteiger partial charge in [0.2, 0.25) is 0 Å². The average Bonchev–Trinajstić information content (AvgIpc) is 3.30. The summed E-state index contributed by atoms with van der Waals surface area (Å²) in [7, 11) is 0. The second-order valence-corrected chi connectivity index (χ2v) is 7.79. The van der Waals surface area contributed by atoms with Gasteiger partial charge in [-0.1, -0.05) is 37.1 Å². The highest BCUT2D eigenvalue weighted by Gasteiger charge is 2.40. The Bertz CT molecular complexity index is 1080. The van der Waals surface area contributed by atoms with E-state index in [9.17, 15) is 19.2 Å². The molecule has 164 valence electrons. The number of nitrogens with one attached hydrogen (secondary N) is 1. The molecule has 2 fully saturated rings. The van der Waals surface area contributed by atoms with Crippen LogP contribution in [0.3, 0.4) is 0 Å². The van der Waals surface area contributed by atoms with Gasteiger partial charge in [-0.25, -0.2) is 9.59 Å². The fourth-order valence-electron chi connectivity index (χ4n) is 3.90. The molecule has 1 aliphatic carbocycles. The van der Waals surface area contributed by atoms with E-state index in [4.69, 9.17) is 9.84 Å². The molecule has 4 amide bonds. The van der Waals surface area contributed by atoms with Gasteiger partial charge in [-0.15, -0.1) is 0 Å². The lowest BCUT2D eigenvalue weighted by molar-refractivity contribution is -0.131. The van der Waals surface area contributed by atoms with Crippen LogP contribution in [-0.4, -0.2) is 39.9 Å². The van der Waals surface area contributed by atoms with E-state index in [1.165, 1.54) is 23.1 Å². The Kier molecular flexibility index (Phi) is 6.02. The van der Waals surface area contributed by atoms with Crippen LogP contribution in [0, 0.1) is 0 Å². The van der Waals surface area contributed by atoms with Crippen LogP contribution in [-0.2, 0) is 16.2 Å². The number of carbonyl (C=O) groups is 4. The lowest BCUT2D eigenvalue weighted by Crippen LogP contribution is -2.57. The highest BCUT2D eigenvalue weighted by atomic mass is 16.5. The minimum Gasteiger partial charge on any atom is -0.489 e. The number of hydrogen-bond donors (Lipinski definition) is 2. The van der Waals surface area contributed by atoms with E-state index >= 15 is 0 Å². The molecule has 0 bridgehead atoms. The number of nitrogens with zero attached hydrogens (tertiary/aromatic N) is 1. The molecule has 1 saturated heterocycles. The van der Waals surface area contributed by atoms with Crippen LogP contribution in [0.5, 0.6) is 5.75 Å². The number of amides is 4. The molecule has 2 aromatic carbocycles. The summed E-state index contributed by atoms with van der Waals surface area (Å²) in [4.78, 5) is 49.4. The van der Waals surface area contributed by atoms with Gasteiger partial charge in [-0.3, -0.25) is 19.8 Å². The van der Waals surface area contributed by atoms with Crippen LogP contribution in [0.1, 0.15) is 47.2 Å². The normalized spacial score (nSPS) is 18.2. The van der Waals surface area contributed by atoms with E-state index in [0.29, 0.717) is 11.3 Å². The van der Waals surface area contributed by atoms with Crippen molar-refractivity contribution in [1.82, 2.24) is 10.2 Å². The number of carboxylic acid groups (broad SMARTS) is 1. The summed E-state index contributed by atoms with van der Waals surface area (Å²) >= 11 is 0. The number of rotatable bonds is 6. The Morgan fingerprint density at radius 3 is 2.31 bits per heavy atom. The number of aromatic carboxylic acids is 1. The van der Waals surface area contributed by atoms with Gasteiger partial charge in [0.15, 0.2) is 0 Å². The Labute approximate surface area is 184 Å². The number of barbiturate groups is 1. The fourth-order valence-corrected chi connectivity index (χ4v) is 3.90. The smallest absolute Gasteiger partial charge is 0.335 e. The van der Waals surface area contributed by atoms with Gasteiger partial charge in [0, 0.05) is 6.04 Å². The SMILES string of the molecule is O=C1NC(=O)N(C2CCCC2)C(=O)/C1=C/c1ccc(OCc2ccc(C(=O)O)cc2)cc1. The number of imide groups is 2. The zero-order valence-corrected chi connectivity index (χ0v) is 17.2. The summed E-state index contributed by atoms with van der Waals surface area (Å²) in [6.07, 6.45) is 4.90. The molecule has 32 heavy (non-hydrogen) atoms. The minimum atomic E-state index is -0.983. The van der Waals surface area contributed by atoms with Crippen molar-refractivity contribution < 1.29 is 29.0 Å². The van der Waals surface area contributed by atoms with Gasteiger partial charge in [-0.05, 0) is 54.3 Å². The first-order chi connectivity index (χ1) is 15.4. The largest absolute Gasteiger partial charge is 0.489 e. The van der Waals surface area contributed by atoms with Crippen molar-refractivity contribution in [2.24, 2.45) is 0 Å². The maximum absolute atomic E-state index is 12.8. The molecular weight excluding hydrogens is 412 g/mol. The summed E-state index contributed by atoms with van der Waals surface area (Å²) < 4.78 is 5.71. The fraction of sp³-hybridized carbons (Fsp3) is 0.250. The van der Waals surface area contributed by atoms with Gasteiger partial charge in [0.1, 0.15) is 17.9 Å². The van der Waals surface area contributed by atoms with Crippen molar-refractivity contribution in [3.63, 3.8) is 0 Å². The number of carboxylic acids is 1. The van der Waals surface area contributed by atoms with Crippen LogP contribution in [0.25, 0.3) is 6.08 Å². The standard InChI is InChI=1S/C24H22N2O6/c27-21-20(22(28)26(24(31)25-21)18-3-1-2-4-18)13-15-7-11-19(12-8-15)32-14-16-5-9-17(10-6-16)23(29)30/h5-13,18H,1-4,14H2,(H,29,30)(H,25,27,31)/b20-13+. The molecule has 2 aliphatic rings. The predicted octanol–water partition coefficient (Wildman–Crippen LogP) is 3.37. The molecule has 0 radical (unpaired) electrons. The molecule has 8 nitrogen and oxygen atoms in total. The zero-order chi connectivity index (χ0) is 22.7. The van der Waals surface area contributed by atoms with Crippen LogP contribution >= 0.6 is 0 Å². The predicted molar refractivity (Wildman–Crippen MR) is 115 cm³/mol. The summed E-state index contributed by atoms with van der Waals surface area (Å²) in [5.41, 5.74) is 1.59. The minimum absolute atomic E-state index is 0.0660. The van der Waals surface area contributed by atoms with E-state index in [0.717, 1.165) is 31.2 Å². The molecule has 2 N–H and O–H groups in total. The van der Waals surface area contributed by atoms with Crippen molar-refractivity contribution >= 4 is 29.9 Å². The molecular formula is C24H22N2O6. The lowest BCUT2D eigenvalue weighted by atomic mass is 10.1. The molecule has 1 heterocycles. The van der Waals surface area contributed by atoms with Crippen molar-refractivity contribution in [2.75, 3.05) is 0 Å². The Morgan fingerprint density at radius 2 is 1.69 bits per heavy atom. The van der Waals surface area contributed by atoms with Gasteiger partial charge in [-0.2, -0.15) is 0 Å². The van der Waals surface area contributed by atoms with E-state index < -0.39 is 23.8 Å². The monoisotopic (exact) mass is 434 g/mol. The number of hydrogen-bond acceptors (Lipinski definition) is 5. The third-order valence-electron chi connectivity index (χ3n) is 5.62. The third kappa shape index (κ3) is 4.54. The van der Waals surface area contributed by atoms with E-state index in [1.54, 1.807) is 36.4 Å². The van der Waals surface area contributed by atoms with Crippen LogP contribution in [0.4, 0.5) is 4.79 Å². The highest BCUT2D eigenvalue weighted by molar-refractivity contribution is 6.31. The van der Waals surface area contributed by atoms with Gasteiger partial charge in [0.05, 0.1) is 5.56 Å². The van der Waals surface area contributed by atoms with Gasteiger partial charge >= 0.3 is 12.0 Å². The molecule has 1 aliphatic heterocycles. The first-order valence-corrected chi connectivity index (χ1v) is 10.4. The summed E-state index contributed by atoms with van der Waals surface area (Å²) in [5, 5.41) is 11.2. The molecule has 8 heteroatoms. The van der Waals surface area contributed by atoms with Gasteiger partial charge in [0.25, 0.3) is 11.8 Å². The van der Waals surface area contributed by atoms with Crippen LogP contribution in [0.15, 0.2) is 54.1 Å².